The maximum absolute atomic E-state index is 12.5. The molecule has 1 heterocycles. The van der Waals surface area contributed by atoms with Crippen LogP contribution in [0.1, 0.15) is 23.7 Å². The van der Waals surface area contributed by atoms with Crippen molar-refractivity contribution in [3.8, 4) is 0 Å². The molecule has 2 N–H and O–H groups in total. The molecule has 0 aromatic heterocycles. The van der Waals surface area contributed by atoms with Gasteiger partial charge in [-0.25, -0.2) is 13.1 Å². The molecule has 1 saturated heterocycles. The summed E-state index contributed by atoms with van der Waals surface area (Å²) in [5.74, 6) is 0.0624. The van der Waals surface area contributed by atoms with Crippen LogP contribution in [0.5, 0.6) is 0 Å². The Morgan fingerprint density at radius 1 is 1.35 bits per heavy atom. The van der Waals surface area contributed by atoms with Crippen molar-refractivity contribution in [1.29, 1.82) is 0 Å². The lowest BCUT2D eigenvalue weighted by atomic mass is 9.96. The summed E-state index contributed by atoms with van der Waals surface area (Å²) in [6.07, 6.45) is 0.937. The summed E-state index contributed by atoms with van der Waals surface area (Å²) in [4.78, 5) is 13.5. The Kier molecular flexibility index (Phi) is 7.01. The summed E-state index contributed by atoms with van der Waals surface area (Å²) in [5, 5.41) is 3.20. The third-order valence-electron chi connectivity index (χ3n) is 3.93. The highest BCUT2D eigenvalue weighted by molar-refractivity contribution is 7.89. The van der Waals surface area contributed by atoms with Gasteiger partial charge < -0.3 is 10.2 Å². The molecule has 1 amide bonds. The van der Waals surface area contributed by atoms with Crippen molar-refractivity contribution in [1.82, 2.24) is 14.9 Å². The highest BCUT2D eigenvalue weighted by Gasteiger charge is 2.27. The van der Waals surface area contributed by atoms with Gasteiger partial charge in [0, 0.05) is 32.2 Å². The summed E-state index contributed by atoms with van der Waals surface area (Å²) in [6, 6.07) is 6.01. The summed E-state index contributed by atoms with van der Waals surface area (Å²) < 4.78 is 27.8. The number of amides is 1. The van der Waals surface area contributed by atoms with Gasteiger partial charge in [-0.05, 0) is 37.1 Å². The van der Waals surface area contributed by atoms with Gasteiger partial charge in [-0.1, -0.05) is 13.0 Å². The molecule has 0 saturated carbocycles. The van der Waals surface area contributed by atoms with Crippen LogP contribution in [0, 0.1) is 5.92 Å². The Hall–Kier alpha value is -1.15. The topological polar surface area (TPSA) is 78.5 Å². The number of carbonyl (C=O) groups is 1. The van der Waals surface area contributed by atoms with E-state index in [1.54, 1.807) is 26.2 Å². The molecule has 1 aromatic carbocycles. The number of nitrogens with one attached hydrogen (secondary N) is 2. The Bertz CT molecular complexity index is 649. The van der Waals surface area contributed by atoms with Crippen molar-refractivity contribution in [3.05, 3.63) is 29.8 Å². The normalized spacial score (nSPS) is 21.3. The molecule has 2 atom stereocenters. The van der Waals surface area contributed by atoms with E-state index in [9.17, 15) is 13.2 Å². The van der Waals surface area contributed by atoms with E-state index in [4.69, 9.17) is 0 Å². The van der Waals surface area contributed by atoms with Crippen molar-refractivity contribution in [2.45, 2.75) is 24.3 Å². The highest BCUT2D eigenvalue weighted by atomic mass is 35.5. The molecule has 23 heavy (non-hydrogen) atoms. The summed E-state index contributed by atoms with van der Waals surface area (Å²) in [5.41, 5.74) is 0.364. The molecule has 1 fully saturated rings. The van der Waals surface area contributed by atoms with Crippen LogP contribution < -0.4 is 10.0 Å². The second kappa shape index (κ2) is 8.10. The van der Waals surface area contributed by atoms with Crippen molar-refractivity contribution >= 4 is 28.3 Å². The number of hydrogen-bond acceptors (Lipinski definition) is 4. The molecule has 1 aliphatic rings. The summed E-state index contributed by atoms with van der Waals surface area (Å²) >= 11 is 0. The molecule has 2 rings (SSSR count). The average molecular weight is 362 g/mol. The van der Waals surface area contributed by atoms with Gasteiger partial charge >= 0.3 is 0 Å². The highest BCUT2D eigenvalue weighted by Crippen LogP contribution is 2.17. The molecule has 1 aliphatic heterocycles. The smallest absolute Gasteiger partial charge is 0.253 e. The Labute approximate surface area is 144 Å². The van der Waals surface area contributed by atoms with E-state index in [1.807, 2.05) is 6.92 Å². The maximum Gasteiger partial charge on any atom is 0.253 e. The van der Waals surface area contributed by atoms with E-state index in [1.165, 1.54) is 17.0 Å². The third-order valence-corrected chi connectivity index (χ3v) is 5.42. The van der Waals surface area contributed by atoms with Crippen LogP contribution in [0.15, 0.2) is 29.2 Å². The van der Waals surface area contributed by atoms with Crippen molar-refractivity contribution in [3.63, 3.8) is 0 Å². The minimum atomic E-state index is -3.64. The molecule has 0 bridgehead atoms. The van der Waals surface area contributed by atoms with Crippen molar-refractivity contribution in [2.24, 2.45) is 5.92 Å². The third kappa shape index (κ3) is 4.91. The van der Waals surface area contributed by atoms with E-state index in [-0.39, 0.29) is 35.2 Å². The number of halogens is 1. The molecule has 0 radical (unpaired) electrons. The molecule has 0 aliphatic carbocycles. The van der Waals surface area contributed by atoms with E-state index < -0.39 is 10.0 Å². The number of benzene rings is 1. The summed E-state index contributed by atoms with van der Waals surface area (Å²) in [7, 11) is -0.363. The SMILES string of the molecule is CC1CCNCC1NS(=O)(=O)c1cccc(C(=O)N(C)C)c1.Cl. The number of nitrogens with zero attached hydrogens (tertiary/aromatic N) is 1. The lowest BCUT2D eigenvalue weighted by Crippen LogP contribution is -2.50. The van der Waals surface area contributed by atoms with E-state index in [2.05, 4.69) is 10.0 Å². The Morgan fingerprint density at radius 3 is 2.65 bits per heavy atom. The number of rotatable bonds is 4. The monoisotopic (exact) mass is 361 g/mol. The molecule has 1 aromatic rings. The molecule has 130 valence electrons. The first-order chi connectivity index (χ1) is 10.3. The first-order valence-electron chi connectivity index (χ1n) is 7.36. The van der Waals surface area contributed by atoms with Gasteiger partial charge in [-0.15, -0.1) is 12.4 Å². The Balaban J connectivity index is 0.00000264. The van der Waals surface area contributed by atoms with Crippen LogP contribution in [0.25, 0.3) is 0 Å². The first kappa shape index (κ1) is 19.9. The van der Waals surface area contributed by atoms with Gasteiger partial charge in [-0.3, -0.25) is 4.79 Å². The van der Waals surface area contributed by atoms with E-state index in [0.29, 0.717) is 12.1 Å². The molecule has 8 heteroatoms. The molecule has 2 unspecified atom stereocenters. The average Bonchev–Trinajstić information content (AvgIpc) is 2.48. The van der Waals surface area contributed by atoms with Gasteiger partial charge in [0.2, 0.25) is 10.0 Å². The fourth-order valence-electron chi connectivity index (χ4n) is 2.47. The lowest BCUT2D eigenvalue weighted by molar-refractivity contribution is 0.0827. The second-order valence-corrected chi connectivity index (χ2v) is 7.64. The van der Waals surface area contributed by atoms with Gasteiger partial charge in [-0.2, -0.15) is 0 Å². The number of carbonyl (C=O) groups excluding carboxylic acids is 1. The second-order valence-electron chi connectivity index (χ2n) is 5.93. The molecule has 6 nitrogen and oxygen atoms in total. The van der Waals surface area contributed by atoms with Crippen LogP contribution in [0.3, 0.4) is 0 Å². The molecule has 0 spiro atoms. The molecular formula is C15H24ClN3O3S. The van der Waals surface area contributed by atoms with Crippen molar-refractivity contribution in [2.75, 3.05) is 27.2 Å². The predicted octanol–water partition coefficient (Wildman–Crippen LogP) is 1.09. The molecular weight excluding hydrogens is 338 g/mol. The minimum Gasteiger partial charge on any atom is -0.345 e. The van der Waals surface area contributed by atoms with Crippen LogP contribution in [0.4, 0.5) is 0 Å². The van der Waals surface area contributed by atoms with Gasteiger partial charge in [0.15, 0.2) is 0 Å². The summed E-state index contributed by atoms with van der Waals surface area (Å²) in [6.45, 7) is 3.57. The van der Waals surface area contributed by atoms with Crippen LogP contribution >= 0.6 is 12.4 Å². The van der Waals surface area contributed by atoms with Crippen LogP contribution in [-0.4, -0.2) is 52.5 Å². The lowest BCUT2D eigenvalue weighted by Gasteiger charge is -2.30. The van der Waals surface area contributed by atoms with Crippen LogP contribution in [0.2, 0.25) is 0 Å². The van der Waals surface area contributed by atoms with Gasteiger partial charge in [0.25, 0.3) is 5.91 Å². The fourth-order valence-corrected chi connectivity index (χ4v) is 3.86. The number of sulfonamides is 1. The van der Waals surface area contributed by atoms with E-state index >= 15 is 0 Å². The zero-order valence-electron chi connectivity index (χ0n) is 13.6. The van der Waals surface area contributed by atoms with Gasteiger partial charge in [0.05, 0.1) is 4.90 Å². The largest absolute Gasteiger partial charge is 0.345 e. The number of hydrogen-bond donors (Lipinski definition) is 2. The van der Waals surface area contributed by atoms with Crippen LogP contribution in [-0.2, 0) is 10.0 Å². The Morgan fingerprint density at radius 2 is 2.04 bits per heavy atom. The zero-order valence-corrected chi connectivity index (χ0v) is 15.2. The predicted molar refractivity (Wildman–Crippen MR) is 92.5 cm³/mol. The fraction of sp³-hybridized carbons (Fsp3) is 0.533. The van der Waals surface area contributed by atoms with Crippen molar-refractivity contribution < 1.29 is 13.2 Å². The maximum atomic E-state index is 12.5. The first-order valence-corrected chi connectivity index (χ1v) is 8.84. The standard InChI is InChI=1S/C15H23N3O3S.ClH/c1-11-7-8-16-10-14(11)17-22(20,21)13-6-4-5-12(9-13)15(19)18(2)3;/h4-6,9,11,14,16-17H,7-8,10H2,1-3H3;1H. The minimum absolute atomic E-state index is 0. The van der Waals surface area contributed by atoms with E-state index in [0.717, 1.165) is 13.0 Å². The zero-order chi connectivity index (χ0) is 16.3. The van der Waals surface area contributed by atoms with Gasteiger partial charge in [0.1, 0.15) is 0 Å². The quantitative estimate of drug-likeness (QED) is 0.841. The number of piperidine rings is 1.